The van der Waals surface area contributed by atoms with Crippen molar-refractivity contribution in [3.05, 3.63) is 58.6 Å². The van der Waals surface area contributed by atoms with Crippen LogP contribution in [-0.2, 0) is 14.3 Å². The third-order valence-corrected chi connectivity index (χ3v) is 6.05. The van der Waals surface area contributed by atoms with E-state index in [9.17, 15) is 14.4 Å². The summed E-state index contributed by atoms with van der Waals surface area (Å²) in [5.41, 5.74) is 3.40. The van der Waals surface area contributed by atoms with Gasteiger partial charge >= 0.3 is 0 Å². The molecule has 0 saturated carbocycles. The topological polar surface area (TPSA) is 119 Å². The molecule has 0 radical (unpaired) electrons. The van der Waals surface area contributed by atoms with Crippen LogP contribution < -0.4 is 20.2 Å². The van der Waals surface area contributed by atoms with E-state index < -0.39 is 17.9 Å². The van der Waals surface area contributed by atoms with Gasteiger partial charge in [0.25, 0.3) is 17.7 Å². The van der Waals surface area contributed by atoms with E-state index in [-0.39, 0.29) is 24.0 Å². The lowest BCUT2D eigenvalue weighted by Gasteiger charge is -2.26. The molecule has 0 aliphatic carbocycles. The molecule has 0 bridgehead atoms. The Balaban J connectivity index is 1.60. The van der Waals surface area contributed by atoms with Crippen molar-refractivity contribution in [2.75, 3.05) is 39.5 Å². The number of benzene rings is 2. The van der Waals surface area contributed by atoms with Crippen LogP contribution in [0.1, 0.15) is 36.7 Å². The number of ether oxygens (including phenoxy) is 3. The standard InChI is InChI=1S/C27H33ClN4O6/c1-4-37-23-15-19(9-10-22(23)38-17-24(33)32-11-13-36-14-12-32)16-29-31-27(35)25(18(2)3)30-26(34)20-7-5-6-8-21(20)28/h5-10,15-16,18,25H,4,11-14,17H2,1-3H3,(H,30,34)(H,31,35). The first kappa shape index (κ1) is 28.9. The van der Waals surface area contributed by atoms with E-state index in [1.165, 1.54) is 6.21 Å². The number of carbonyl (C=O) groups excluding carboxylic acids is 3. The number of hydrazone groups is 1. The van der Waals surface area contributed by atoms with Gasteiger partial charge in [0, 0.05) is 13.1 Å². The summed E-state index contributed by atoms with van der Waals surface area (Å²) >= 11 is 6.10. The normalized spacial score (nSPS) is 14.3. The Hall–Kier alpha value is -3.63. The van der Waals surface area contributed by atoms with Crippen LogP contribution >= 0.6 is 11.6 Å². The van der Waals surface area contributed by atoms with Crippen molar-refractivity contribution in [3.63, 3.8) is 0 Å². The fraction of sp³-hybridized carbons (Fsp3) is 0.407. The van der Waals surface area contributed by atoms with Gasteiger partial charge in [0.2, 0.25) is 0 Å². The van der Waals surface area contributed by atoms with Gasteiger partial charge in [-0.2, -0.15) is 5.10 Å². The van der Waals surface area contributed by atoms with Crippen molar-refractivity contribution in [1.29, 1.82) is 0 Å². The van der Waals surface area contributed by atoms with Crippen LogP contribution in [0, 0.1) is 5.92 Å². The monoisotopic (exact) mass is 544 g/mol. The minimum Gasteiger partial charge on any atom is -0.490 e. The Kier molecular flexibility index (Phi) is 10.9. The van der Waals surface area contributed by atoms with Crippen molar-refractivity contribution >= 4 is 35.5 Å². The predicted molar refractivity (Wildman–Crippen MR) is 144 cm³/mol. The molecule has 2 aromatic carbocycles. The Labute approximate surface area is 227 Å². The van der Waals surface area contributed by atoms with Crippen LogP contribution in [0.4, 0.5) is 0 Å². The molecule has 3 amide bonds. The summed E-state index contributed by atoms with van der Waals surface area (Å²) in [6.45, 7) is 7.89. The minimum absolute atomic E-state index is 0.111. The second kappa shape index (κ2) is 14.3. The fourth-order valence-corrected chi connectivity index (χ4v) is 3.90. The fourth-order valence-electron chi connectivity index (χ4n) is 3.68. The molecule has 2 N–H and O–H groups in total. The Morgan fingerprint density at radius 3 is 2.53 bits per heavy atom. The molecule has 1 saturated heterocycles. The van der Waals surface area contributed by atoms with Crippen LogP contribution in [0.2, 0.25) is 5.02 Å². The maximum atomic E-state index is 12.8. The average molecular weight is 545 g/mol. The maximum Gasteiger partial charge on any atom is 0.262 e. The maximum absolute atomic E-state index is 12.8. The van der Waals surface area contributed by atoms with Crippen LogP contribution in [0.5, 0.6) is 11.5 Å². The Morgan fingerprint density at radius 1 is 1.11 bits per heavy atom. The minimum atomic E-state index is -0.824. The molecule has 1 atom stereocenters. The van der Waals surface area contributed by atoms with Crippen molar-refractivity contribution in [2.45, 2.75) is 26.8 Å². The number of halogens is 1. The van der Waals surface area contributed by atoms with Crippen molar-refractivity contribution in [2.24, 2.45) is 11.0 Å². The lowest BCUT2D eigenvalue weighted by Crippen LogP contribution is -2.48. The van der Waals surface area contributed by atoms with Gasteiger partial charge in [0.1, 0.15) is 6.04 Å². The molecule has 2 aromatic rings. The zero-order valence-electron chi connectivity index (χ0n) is 21.7. The third kappa shape index (κ3) is 8.19. The Morgan fingerprint density at radius 2 is 1.84 bits per heavy atom. The molecule has 3 rings (SSSR count). The molecule has 1 fully saturated rings. The van der Waals surface area contributed by atoms with Gasteiger partial charge in [-0.1, -0.05) is 37.6 Å². The second-order valence-electron chi connectivity index (χ2n) is 8.83. The number of nitrogens with one attached hydrogen (secondary N) is 2. The molecule has 0 aromatic heterocycles. The average Bonchev–Trinajstić information content (AvgIpc) is 2.91. The number of hydrogen-bond acceptors (Lipinski definition) is 7. The third-order valence-electron chi connectivity index (χ3n) is 5.73. The van der Waals surface area contributed by atoms with E-state index in [1.54, 1.807) is 47.4 Å². The summed E-state index contributed by atoms with van der Waals surface area (Å²) in [4.78, 5) is 39.5. The van der Waals surface area contributed by atoms with Crippen LogP contribution in [-0.4, -0.2) is 74.4 Å². The lowest BCUT2D eigenvalue weighted by molar-refractivity contribution is -0.137. The van der Waals surface area contributed by atoms with Gasteiger partial charge in [0.15, 0.2) is 18.1 Å². The highest BCUT2D eigenvalue weighted by Gasteiger charge is 2.25. The number of nitrogens with zero attached hydrogens (tertiary/aromatic N) is 2. The van der Waals surface area contributed by atoms with Gasteiger partial charge in [-0.25, -0.2) is 5.43 Å². The number of rotatable bonds is 11. The highest BCUT2D eigenvalue weighted by molar-refractivity contribution is 6.33. The molecule has 10 nitrogen and oxygen atoms in total. The molecule has 0 spiro atoms. The quantitative estimate of drug-likeness (QED) is 0.332. The van der Waals surface area contributed by atoms with E-state index >= 15 is 0 Å². The molecule has 1 heterocycles. The predicted octanol–water partition coefficient (Wildman–Crippen LogP) is 2.88. The summed E-state index contributed by atoms with van der Waals surface area (Å²) in [7, 11) is 0. The largest absolute Gasteiger partial charge is 0.490 e. The summed E-state index contributed by atoms with van der Waals surface area (Å²) < 4.78 is 16.7. The molecular formula is C27H33ClN4O6. The summed E-state index contributed by atoms with van der Waals surface area (Å²) in [5, 5.41) is 7.06. The van der Waals surface area contributed by atoms with Gasteiger partial charge in [-0.3, -0.25) is 14.4 Å². The Bertz CT molecular complexity index is 1150. The molecule has 1 aliphatic heterocycles. The van der Waals surface area contributed by atoms with Crippen LogP contribution in [0.15, 0.2) is 47.6 Å². The SMILES string of the molecule is CCOc1cc(C=NNC(=O)C(NC(=O)c2ccccc2Cl)C(C)C)ccc1OCC(=O)N1CCOCC1. The number of hydrogen-bond donors (Lipinski definition) is 2. The first-order valence-electron chi connectivity index (χ1n) is 12.4. The molecule has 204 valence electrons. The van der Waals surface area contributed by atoms with E-state index in [4.69, 9.17) is 25.8 Å². The molecular weight excluding hydrogens is 512 g/mol. The highest BCUT2D eigenvalue weighted by Crippen LogP contribution is 2.28. The molecule has 11 heteroatoms. The zero-order chi connectivity index (χ0) is 27.5. The van der Waals surface area contributed by atoms with Gasteiger partial charge < -0.3 is 24.4 Å². The van der Waals surface area contributed by atoms with Gasteiger partial charge in [-0.15, -0.1) is 0 Å². The summed E-state index contributed by atoms with van der Waals surface area (Å²) in [6.07, 6.45) is 1.45. The van der Waals surface area contributed by atoms with E-state index in [0.29, 0.717) is 55.0 Å². The number of amides is 3. The van der Waals surface area contributed by atoms with Crippen molar-refractivity contribution in [1.82, 2.24) is 15.6 Å². The molecule has 38 heavy (non-hydrogen) atoms. The van der Waals surface area contributed by atoms with Crippen LogP contribution in [0.3, 0.4) is 0 Å². The van der Waals surface area contributed by atoms with Crippen molar-refractivity contribution < 1.29 is 28.6 Å². The van der Waals surface area contributed by atoms with Gasteiger partial charge in [0.05, 0.1) is 36.6 Å². The zero-order valence-corrected chi connectivity index (χ0v) is 22.5. The summed E-state index contributed by atoms with van der Waals surface area (Å²) in [6, 6.07) is 10.9. The molecule has 1 aliphatic rings. The number of carbonyl (C=O) groups is 3. The van der Waals surface area contributed by atoms with Crippen LogP contribution in [0.25, 0.3) is 0 Å². The number of morpholine rings is 1. The highest BCUT2D eigenvalue weighted by atomic mass is 35.5. The molecule has 1 unspecified atom stereocenters. The van der Waals surface area contributed by atoms with Gasteiger partial charge in [-0.05, 0) is 48.7 Å². The first-order valence-corrected chi connectivity index (χ1v) is 12.8. The lowest BCUT2D eigenvalue weighted by atomic mass is 10.0. The van der Waals surface area contributed by atoms with Crippen molar-refractivity contribution in [3.8, 4) is 11.5 Å². The van der Waals surface area contributed by atoms with E-state index in [1.807, 2.05) is 20.8 Å². The van der Waals surface area contributed by atoms with E-state index in [0.717, 1.165) is 0 Å². The first-order chi connectivity index (χ1) is 18.3. The summed E-state index contributed by atoms with van der Waals surface area (Å²) in [5.74, 6) is -0.356. The van der Waals surface area contributed by atoms with E-state index in [2.05, 4.69) is 15.8 Å². The smallest absolute Gasteiger partial charge is 0.262 e. The second-order valence-corrected chi connectivity index (χ2v) is 9.24.